The molecule has 1 aliphatic rings. The molecule has 2 atom stereocenters. The monoisotopic (exact) mass is 274 g/mol. The molecule has 1 N–H and O–H groups in total. The van der Waals surface area contributed by atoms with Crippen molar-refractivity contribution in [2.45, 2.75) is 58.5 Å². The van der Waals surface area contributed by atoms with Crippen LogP contribution in [0.2, 0.25) is 0 Å². The minimum Gasteiger partial charge on any atom is -0.309 e. The molecule has 20 heavy (non-hydrogen) atoms. The number of nitrogens with one attached hydrogen (secondary N) is 1. The Balaban J connectivity index is 1.98. The molecule has 1 heterocycles. The molecule has 0 saturated carbocycles. The molecule has 1 aromatic rings. The number of hydrogen-bond donors (Lipinski definition) is 1. The van der Waals surface area contributed by atoms with E-state index in [0.717, 1.165) is 13.0 Å². The Morgan fingerprint density at radius 2 is 2.15 bits per heavy atom. The third kappa shape index (κ3) is 3.83. The van der Waals surface area contributed by atoms with E-state index in [1.807, 2.05) is 0 Å². The maximum atomic E-state index is 3.74. The predicted octanol–water partition coefficient (Wildman–Crippen LogP) is 3.39. The standard InChI is InChI=1S/C18H30N2/c1-5-17-13-19-18(4,6-2)14-20(17)11-10-16-9-7-8-15(3)12-16/h7-9,12,17,19H,5-6,10-11,13-14H2,1-4H3. The van der Waals surface area contributed by atoms with Gasteiger partial charge in [-0.2, -0.15) is 0 Å². The minimum atomic E-state index is 0.290. The molecule has 1 aliphatic heterocycles. The van der Waals surface area contributed by atoms with Crippen molar-refractivity contribution in [1.29, 1.82) is 0 Å². The first kappa shape index (κ1) is 15.5. The highest BCUT2D eigenvalue weighted by Gasteiger charge is 2.33. The maximum absolute atomic E-state index is 3.74. The van der Waals surface area contributed by atoms with Crippen molar-refractivity contribution in [3.05, 3.63) is 35.4 Å². The Morgan fingerprint density at radius 3 is 2.80 bits per heavy atom. The molecule has 1 aromatic carbocycles. The van der Waals surface area contributed by atoms with E-state index >= 15 is 0 Å². The van der Waals surface area contributed by atoms with Gasteiger partial charge in [-0.25, -0.2) is 0 Å². The second kappa shape index (κ2) is 6.73. The number of hydrogen-bond acceptors (Lipinski definition) is 2. The summed E-state index contributed by atoms with van der Waals surface area (Å²) in [5.74, 6) is 0. The van der Waals surface area contributed by atoms with Crippen LogP contribution in [0, 0.1) is 6.92 Å². The second-order valence-electron chi connectivity index (χ2n) is 6.57. The van der Waals surface area contributed by atoms with E-state index in [0.29, 0.717) is 6.04 Å². The van der Waals surface area contributed by atoms with Crippen molar-refractivity contribution in [2.75, 3.05) is 19.6 Å². The summed E-state index contributed by atoms with van der Waals surface area (Å²) in [6, 6.07) is 9.63. The zero-order valence-corrected chi connectivity index (χ0v) is 13.6. The smallest absolute Gasteiger partial charge is 0.0278 e. The molecule has 2 nitrogen and oxygen atoms in total. The van der Waals surface area contributed by atoms with E-state index in [1.54, 1.807) is 0 Å². The van der Waals surface area contributed by atoms with Crippen molar-refractivity contribution >= 4 is 0 Å². The SMILES string of the molecule is CCC1CNC(C)(CC)CN1CCc1cccc(C)c1. The molecule has 2 unspecified atom stereocenters. The fourth-order valence-corrected chi connectivity index (χ4v) is 3.17. The summed E-state index contributed by atoms with van der Waals surface area (Å²) >= 11 is 0. The van der Waals surface area contributed by atoms with Gasteiger partial charge in [-0.15, -0.1) is 0 Å². The van der Waals surface area contributed by atoms with Crippen molar-refractivity contribution in [1.82, 2.24) is 10.2 Å². The lowest BCUT2D eigenvalue weighted by Gasteiger charge is -2.46. The predicted molar refractivity (Wildman–Crippen MR) is 87.2 cm³/mol. The largest absolute Gasteiger partial charge is 0.309 e. The van der Waals surface area contributed by atoms with E-state index in [9.17, 15) is 0 Å². The zero-order chi connectivity index (χ0) is 14.6. The molecule has 0 bridgehead atoms. The topological polar surface area (TPSA) is 15.3 Å². The summed E-state index contributed by atoms with van der Waals surface area (Å²) in [4.78, 5) is 2.70. The first-order chi connectivity index (χ1) is 9.56. The average Bonchev–Trinajstić information content (AvgIpc) is 2.45. The van der Waals surface area contributed by atoms with Crippen molar-refractivity contribution < 1.29 is 0 Å². The van der Waals surface area contributed by atoms with Gasteiger partial charge in [0.25, 0.3) is 0 Å². The molecule has 0 aromatic heterocycles. The Morgan fingerprint density at radius 1 is 1.35 bits per heavy atom. The molecule has 112 valence electrons. The molecule has 0 radical (unpaired) electrons. The van der Waals surface area contributed by atoms with Crippen LogP contribution in [0.4, 0.5) is 0 Å². The van der Waals surface area contributed by atoms with Crippen LogP contribution >= 0.6 is 0 Å². The van der Waals surface area contributed by atoms with Gasteiger partial charge in [0.05, 0.1) is 0 Å². The summed E-state index contributed by atoms with van der Waals surface area (Å²) in [6.45, 7) is 12.6. The number of nitrogens with zero attached hydrogens (tertiary/aromatic N) is 1. The van der Waals surface area contributed by atoms with Gasteiger partial charge in [0.2, 0.25) is 0 Å². The zero-order valence-electron chi connectivity index (χ0n) is 13.6. The minimum absolute atomic E-state index is 0.290. The highest BCUT2D eigenvalue weighted by molar-refractivity contribution is 5.22. The molecular formula is C18H30N2. The highest BCUT2D eigenvalue weighted by Crippen LogP contribution is 2.20. The van der Waals surface area contributed by atoms with Crippen LogP contribution < -0.4 is 5.32 Å². The van der Waals surface area contributed by atoms with E-state index in [2.05, 4.69) is 62.2 Å². The first-order valence-corrected chi connectivity index (χ1v) is 8.11. The molecule has 1 saturated heterocycles. The fraction of sp³-hybridized carbons (Fsp3) is 0.667. The van der Waals surface area contributed by atoms with Crippen molar-refractivity contribution in [3.8, 4) is 0 Å². The fourth-order valence-electron chi connectivity index (χ4n) is 3.17. The molecular weight excluding hydrogens is 244 g/mol. The lowest BCUT2D eigenvalue weighted by molar-refractivity contribution is 0.0832. The Kier molecular flexibility index (Phi) is 5.22. The van der Waals surface area contributed by atoms with Crippen molar-refractivity contribution in [3.63, 3.8) is 0 Å². The quantitative estimate of drug-likeness (QED) is 0.885. The van der Waals surface area contributed by atoms with Crippen LogP contribution in [0.5, 0.6) is 0 Å². The van der Waals surface area contributed by atoms with Gasteiger partial charge >= 0.3 is 0 Å². The number of piperazine rings is 1. The lowest BCUT2D eigenvalue weighted by Crippen LogP contribution is -2.62. The summed E-state index contributed by atoms with van der Waals surface area (Å²) in [5, 5.41) is 3.74. The third-order valence-electron chi connectivity index (χ3n) is 4.85. The van der Waals surface area contributed by atoms with Crippen LogP contribution in [0.1, 0.15) is 44.7 Å². The van der Waals surface area contributed by atoms with Gasteiger partial charge in [0.1, 0.15) is 0 Å². The van der Waals surface area contributed by atoms with Gasteiger partial charge in [-0.05, 0) is 38.7 Å². The van der Waals surface area contributed by atoms with Crippen LogP contribution in [0.3, 0.4) is 0 Å². The number of benzene rings is 1. The second-order valence-corrected chi connectivity index (χ2v) is 6.57. The van der Waals surface area contributed by atoms with E-state index in [4.69, 9.17) is 0 Å². The van der Waals surface area contributed by atoms with Gasteiger partial charge in [0, 0.05) is 31.2 Å². The van der Waals surface area contributed by atoms with Gasteiger partial charge in [-0.1, -0.05) is 43.7 Å². The Bertz CT molecular complexity index is 429. The molecule has 1 fully saturated rings. The summed E-state index contributed by atoms with van der Waals surface area (Å²) in [6.07, 6.45) is 3.60. The van der Waals surface area contributed by atoms with E-state index < -0.39 is 0 Å². The lowest BCUT2D eigenvalue weighted by atomic mass is 9.92. The molecule has 2 heteroatoms. The Hall–Kier alpha value is -0.860. The van der Waals surface area contributed by atoms with Crippen LogP contribution in [0.15, 0.2) is 24.3 Å². The number of aryl methyl sites for hydroxylation is 1. The van der Waals surface area contributed by atoms with Crippen LogP contribution in [-0.4, -0.2) is 36.1 Å². The molecule has 0 amide bonds. The molecule has 0 aliphatic carbocycles. The Labute approximate surface area is 124 Å². The van der Waals surface area contributed by atoms with E-state index in [1.165, 1.54) is 37.1 Å². The van der Waals surface area contributed by atoms with Crippen molar-refractivity contribution in [2.24, 2.45) is 0 Å². The normalized spacial score (nSPS) is 27.7. The average molecular weight is 274 g/mol. The summed E-state index contributed by atoms with van der Waals surface area (Å²) in [5.41, 5.74) is 3.13. The van der Waals surface area contributed by atoms with Crippen LogP contribution in [0.25, 0.3) is 0 Å². The van der Waals surface area contributed by atoms with Gasteiger partial charge in [0.15, 0.2) is 0 Å². The summed E-state index contributed by atoms with van der Waals surface area (Å²) < 4.78 is 0. The van der Waals surface area contributed by atoms with Gasteiger partial charge < -0.3 is 5.32 Å². The highest BCUT2D eigenvalue weighted by atomic mass is 15.2. The molecule has 2 rings (SSSR count). The van der Waals surface area contributed by atoms with E-state index in [-0.39, 0.29) is 5.54 Å². The maximum Gasteiger partial charge on any atom is 0.0278 e. The summed E-state index contributed by atoms with van der Waals surface area (Å²) in [7, 11) is 0. The van der Waals surface area contributed by atoms with Crippen LogP contribution in [-0.2, 0) is 6.42 Å². The van der Waals surface area contributed by atoms with Gasteiger partial charge in [-0.3, -0.25) is 4.90 Å². The number of rotatable bonds is 5. The molecule has 0 spiro atoms. The first-order valence-electron chi connectivity index (χ1n) is 8.11. The third-order valence-corrected chi connectivity index (χ3v) is 4.85.